The van der Waals surface area contributed by atoms with Gasteiger partial charge >= 0.3 is 0 Å². The zero-order valence-electron chi connectivity index (χ0n) is 11.2. The van der Waals surface area contributed by atoms with E-state index in [0.29, 0.717) is 0 Å². The van der Waals surface area contributed by atoms with Crippen LogP contribution in [0.3, 0.4) is 0 Å². The van der Waals surface area contributed by atoms with Crippen molar-refractivity contribution >= 4 is 0 Å². The highest BCUT2D eigenvalue weighted by Crippen LogP contribution is 2.13. The van der Waals surface area contributed by atoms with E-state index < -0.39 is 17.7 Å². The summed E-state index contributed by atoms with van der Waals surface area (Å²) in [7, 11) is 0. The molecule has 2 N–H and O–H groups in total. The fourth-order valence-corrected chi connectivity index (χ4v) is 1.93. The van der Waals surface area contributed by atoms with E-state index in [-0.39, 0.29) is 18.7 Å². The van der Waals surface area contributed by atoms with Crippen molar-refractivity contribution in [3.63, 3.8) is 0 Å². The Labute approximate surface area is 117 Å². The molecule has 2 aromatic rings. The second-order valence-corrected chi connectivity index (χ2v) is 4.79. The Morgan fingerprint density at radius 3 is 2.50 bits per heavy atom. The first-order valence-electron chi connectivity index (χ1n) is 6.45. The smallest absolute Gasteiger partial charge is 0.127 e. The van der Waals surface area contributed by atoms with Crippen LogP contribution in [0.5, 0.6) is 0 Å². The Morgan fingerprint density at radius 2 is 1.80 bits per heavy atom. The number of aryl methyl sites for hydroxylation is 1. The Kier molecular flexibility index (Phi) is 4.82. The maximum Gasteiger partial charge on any atom is 0.127 e. The van der Waals surface area contributed by atoms with Gasteiger partial charge < -0.3 is 10.4 Å². The lowest BCUT2D eigenvalue weighted by atomic mass is 10.1. The molecule has 2 nitrogen and oxygen atoms in total. The molecule has 2 rings (SSSR count). The molecule has 0 radical (unpaired) electrons. The van der Waals surface area contributed by atoms with Gasteiger partial charge in [-0.3, -0.25) is 0 Å². The number of aliphatic hydroxyl groups excluding tert-OH is 1. The topological polar surface area (TPSA) is 32.3 Å². The molecule has 0 amide bonds. The largest absolute Gasteiger partial charge is 0.387 e. The van der Waals surface area contributed by atoms with Crippen molar-refractivity contribution in [3.05, 3.63) is 70.8 Å². The van der Waals surface area contributed by atoms with Crippen LogP contribution in [0.1, 0.15) is 22.8 Å². The molecule has 0 aliphatic carbocycles. The molecule has 2 aromatic carbocycles. The van der Waals surface area contributed by atoms with Gasteiger partial charge in [0.25, 0.3) is 0 Å². The minimum absolute atomic E-state index is 0.173. The van der Waals surface area contributed by atoms with Crippen molar-refractivity contribution in [1.29, 1.82) is 0 Å². The standard InChI is InChI=1S/C16H17F2NO/c1-11-2-4-12(5-3-11)16(20)10-19-9-13-8-14(17)6-7-15(13)18/h2-8,16,19-20H,9-10H2,1H3. The number of halogens is 2. The Bertz CT molecular complexity index is 569. The van der Waals surface area contributed by atoms with E-state index >= 15 is 0 Å². The number of benzene rings is 2. The predicted octanol–water partition coefficient (Wildman–Crippen LogP) is 3.10. The third-order valence-electron chi connectivity index (χ3n) is 3.12. The zero-order chi connectivity index (χ0) is 14.5. The SMILES string of the molecule is Cc1ccc(C(O)CNCc2cc(F)ccc2F)cc1. The van der Waals surface area contributed by atoms with Gasteiger partial charge in [0.2, 0.25) is 0 Å². The van der Waals surface area contributed by atoms with Crippen LogP contribution in [0.15, 0.2) is 42.5 Å². The maximum absolute atomic E-state index is 13.4. The Balaban J connectivity index is 1.89. The molecule has 1 unspecified atom stereocenters. The molecular weight excluding hydrogens is 260 g/mol. The van der Waals surface area contributed by atoms with Crippen molar-refractivity contribution in [2.75, 3.05) is 6.54 Å². The molecule has 0 saturated carbocycles. The minimum atomic E-state index is -0.674. The van der Waals surface area contributed by atoms with Crippen molar-refractivity contribution < 1.29 is 13.9 Å². The highest BCUT2D eigenvalue weighted by molar-refractivity contribution is 5.23. The van der Waals surface area contributed by atoms with E-state index in [9.17, 15) is 13.9 Å². The van der Waals surface area contributed by atoms with Crippen LogP contribution in [-0.2, 0) is 6.54 Å². The number of hydrogen-bond acceptors (Lipinski definition) is 2. The average Bonchev–Trinajstić information content (AvgIpc) is 2.43. The summed E-state index contributed by atoms with van der Waals surface area (Å²) in [4.78, 5) is 0. The van der Waals surface area contributed by atoms with Gasteiger partial charge in [-0.1, -0.05) is 29.8 Å². The number of rotatable bonds is 5. The van der Waals surface area contributed by atoms with Crippen LogP contribution in [0.4, 0.5) is 8.78 Å². The van der Waals surface area contributed by atoms with E-state index in [1.54, 1.807) is 0 Å². The summed E-state index contributed by atoms with van der Waals surface area (Å²) >= 11 is 0. The van der Waals surface area contributed by atoms with Crippen LogP contribution in [0.25, 0.3) is 0 Å². The van der Waals surface area contributed by atoms with Crippen LogP contribution < -0.4 is 5.32 Å². The zero-order valence-corrected chi connectivity index (χ0v) is 11.2. The Hall–Kier alpha value is -1.78. The monoisotopic (exact) mass is 277 g/mol. The molecule has 0 spiro atoms. The molecule has 0 bridgehead atoms. The molecular formula is C16H17F2NO. The fourth-order valence-electron chi connectivity index (χ4n) is 1.93. The molecule has 0 aromatic heterocycles. The highest BCUT2D eigenvalue weighted by atomic mass is 19.1. The van der Waals surface area contributed by atoms with Gasteiger partial charge in [0.1, 0.15) is 11.6 Å². The van der Waals surface area contributed by atoms with Gasteiger partial charge in [0.15, 0.2) is 0 Å². The summed E-state index contributed by atoms with van der Waals surface area (Å²) in [6, 6.07) is 10.9. The fraction of sp³-hybridized carbons (Fsp3) is 0.250. The molecule has 0 aliphatic heterocycles. The molecule has 1 atom stereocenters. The van der Waals surface area contributed by atoms with Gasteiger partial charge in [0, 0.05) is 18.7 Å². The van der Waals surface area contributed by atoms with E-state index in [2.05, 4.69) is 5.32 Å². The van der Waals surface area contributed by atoms with Crippen LogP contribution in [-0.4, -0.2) is 11.7 Å². The molecule has 0 fully saturated rings. The van der Waals surface area contributed by atoms with E-state index in [1.165, 1.54) is 0 Å². The van der Waals surface area contributed by atoms with Crippen molar-refractivity contribution in [2.24, 2.45) is 0 Å². The normalized spacial score (nSPS) is 12.4. The quantitative estimate of drug-likeness (QED) is 0.880. The van der Waals surface area contributed by atoms with Gasteiger partial charge in [-0.15, -0.1) is 0 Å². The van der Waals surface area contributed by atoms with Gasteiger partial charge in [-0.25, -0.2) is 8.78 Å². The van der Waals surface area contributed by atoms with E-state index in [1.807, 2.05) is 31.2 Å². The molecule has 0 saturated heterocycles. The summed E-state index contributed by atoms with van der Waals surface area (Å²) in [6.45, 7) is 2.42. The second kappa shape index (κ2) is 6.59. The lowest BCUT2D eigenvalue weighted by Crippen LogP contribution is -2.21. The summed E-state index contributed by atoms with van der Waals surface area (Å²) < 4.78 is 26.4. The lowest BCUT2D eigenvalue weighted by Gasteiger charge is -2.13. The number of nitrogens with one attached hydrogen (secondary N) is 1. The molecule has 106 valence electrons. The summed E-state index contributed by atoms with van der Waals surface area (Å²) in [5, 5.41) is 12.9. The first-order valence-corrected chi connectivity index (χ1v) is 6.45. The highest BCUT2D eigenvalue weighted by Gasteiger charge is 2.08. The molecule has 4 heteroatoms. The maximum atomic E-state index is 13.4. The average molecular weight is 277 g/mol. The van der Waals surface area contributed by atoms with E-state index in [4.69, 9.17) is 0 Å². The summed E-state index contributed by atoms with van der Waals surface area (Å²) in [6.07, 6.45) is -0.674. The Morgan fingerprint density at radius 1 is 1.10 bits per heavy atom. The molecule has 20 heavy (non-hydrogen) atoms. The van der Waals surface area contributed by atoms with Crippen molar-refractivity contribution in [3.8, 4) is 0 Å². The molecule has 0 aliphatic rings. The minimum Gasteiger partial charge on any atom is -0.387 e. The van der Waals surface area contributed by atoms with Crippen LogP contribution in [0.2, 0.25) is 0 Å². The number of aliphatic hydroxyl groups is 1. The summed E-state index contributed by atoms with van der Waals surface area (Å²) in [5.41, 5.74) is 2.17. The third kappa shape index (κ3) is 3.85. The van der Waals surface area contributed by atoms with Gasteiger partial charge in [-0.2, -0.15) is 0 Å². The first kappa shape index (κ1) is 14.6. The summed E-state index contributed by atoms with van der Waals surface area (Å²) in [5.74, 6) is -0.925. The first-order chi connectivity index (χ1) is 9.56. The van der Waals surface area contributed by atoms with Crippen molar-refractivity contribution in [1.82, 2.24) is 5.32 Å². The predicted molar refractivity (Wildman–Crippen MR) is 74.2 cm³/mol. The van der Waals surface area contributed by atoms with Gasteiger partial charge in [-0.05, 0) is 30.7 Å². The second-order valence-electron chi connectivity index (χ2n) is 4.79. The lowest BCUT2D eigenvalue weighted by molar-refractivity contribution is 0.174. The molecule has 0 heterocycles. The number of hydrogen-bond donors (Lipinski definition) is 2. The van der Waals surface area contributed by atoms with Gasteiger partial charge in [0.05, 0.1) is 6.10 Å². The van der Waals surface area contributed by atoms with Crippen LogP contribution >= 0.6 is 0 Å². The van der Waals surface area contributed by atoms with Crippen molar-refractivity contribution in [2.45, 2.75) is 19.6 Å². The van der Waals surface area contributed by atoms with Crippen LogP contribution in [0, 0.1) is 18.6 Å². The third-order valence-corrected chi connectivity index (χ3v) is 3.12. The van der Waals surface area contributed by atoms with E-state index in [0.717, 1.165) is 29.3 Å².